The van der Waals surface area contributed by atoms with Gasteiger partial charge in [0, 0.05) is 28.6 Å². The van der Waals surface area contributed by atoms with E-state index in [1.54, 1.807) is 35.2 Å². The largest absolute Gasteiger partial charge is 0.294 e. The number of aromatic nitrogens is 4. The number of fused-ring (bicyclic) bond motifs is 1. The number of Topliss-reactive ketones (excluding diaryl/α,β-unsaturated/α-hetero) is 1. The van der Waals surface area contributed by atoms with Gasteiger partial charge in [-0.05, 0) is 40.2 Å². The monoisotopic (exact) mass is 352 g/mol. The minimum atomic E-state index is -0.0388. The molecule has 3 rings (SSSR count). The van der Waals surface area contributed by atoms with Crippen molar-refractivity contribution in [3.63, 3.8) is 0 Å². The van der Waals surface area contributed by atoms with Crippen molar-refractivity contribution in [1.29, 1.82) is 0 Å². The minimum Gasteiger partial charge on any atom is -0.294 e. The molecule has 3 aromatic heterocycles. The average Bonchev–Trinajstić information content (AvgIpc) is 2.81. The third kappa shape index (κ3) is 3.02. The Balaban J connectivity index is 0.00000147. The molecular weight excluding hydrogens is 344 g/mol. The van der Waals surface area contributed by atoms with Crippen LogP contribution in [-0.2, 0) is 6.42 Å². The van der Waals surface area contributed by atoms with Crippen LogP contribution in [0.1, 0.15) is 16.2 Å². The highest BCUT2D eigenvalue weighted by Gasteiger charge is 2.11. The van der Waals surface area contributed by atoms with Gasteiger partial charge >= 0.3 is 0 Å². The van der Waals surface area contributed by atoms with Gasteiger partial charge in [-0.2, -0.15) is 5.10 Å². The lowest BCUT2D eigenvalue weighted by Gasteiger charge is -1.95. The molecule has 5 nitrogen and oxygen atoms in total. The highest BCUT2D eigenvalue weighted by atomic mass is 79.9. The van der Waals surface area contributed by atoms with Crippen molar-refractivity contribution in [2.45, 2.75) is 6.42 Å². The minimum absolute atomic E-state index is 0. The van der Waals surface area contributed by atoms with Crippen molar-refractivity contribution in [2.24, 2.45) is 0 Å². The third-order valence-electron chi connectivity index (χ3n) is 2.64. The van der Waals surface area contributed by atoms with Crippen LogP contribution in [0.4, 0.5) is 0 Å². The van der Waals surface area contributed by atoms with Crippen LogP contribution in [0.15, 0.2) is 47.3 Å². The Labute approximate surface area is 129 Å². The quantitative estimate of drug-likeness (QED) is 0.679. The smallest absolute Gasteiger partial charge is 0.172 e. The molecule has 0 saturated heterocycles. The van der Waals surface area contributed by atoms with Crippen LogP contribution in [0, 0.1) is 0 Å². The van der Waals surface area contributed by atoms with Gasteiger partial charge in [-0.3, -0.25) is 9.78 Å². The first-order chi connectivity index (χ1) is 9.22. The van der Waals surface area contributed by atoms with Crippen LogP contribution in [0.5, 0.6) is 0 Å². The van der Waals surface area contributed by atoms with E-state index in [0.29, 0.717) is 11.4 Å². The lowest BCUT2D eigenvalue weighted by atomic mass is 10.1. The molecule has 0 bridgehead atoms. The van der Waals surface area contributed by atoms with E-state index in [4.69, 9.17) is 0 Å². The van der Waals surface area contributed by atoms with E-state index in [9.17, 15) is 4.79 Å². The fourth-order valence-corrected chi connectivity index (χ4v) is 2.08. The second-order valence-electron chi connectivity index (χ2n) is 4.02. The van der Waals surface area contributed by atoms with Gasteiger partial charge in [0.15, 0.2) is 17.3 Å². The van der Waals surface area contributed by atoms with Crippen molar-refractivity contribution in [1.82, 2.24) is 19.6 Å². The lowest BCUT2D eigenvalue weighted by molar-refractivity contribution is 0.0990. The molecule has 0 amide bonds. The first kappa shape index (κ1) is 14.6. The van der Waals surface area contributed by atoms with E-state index in [2.05, 4.69) is 31.0 Å². The average molecular weight is 354 g/mol. The second-order valence-corrected chi connectivity index (χ2v) is 4.94. The van der Waals surface area contributed by atoms with Crippen LogP contribution in [0.2, 0.25) is 0 Å². The van der Waals surface area contributed by atoms with Gasteiger partial charge in [0.05, 0.1) is 6.42 Å². The van der Waals surface area contributed by atoms with Gasteiger partial charge in [0.2, 0.25) is 0 Å². The number of rotatable bonds is 3. The van der Waals surface area contributed by atoms with Gasteiger partial charge in [-0.1, -0.05) is 0 Å². The standard InChI is InChI=1S/C13H9BrN4O.ClH/c14-10-3-4-13-16-12(17-18(13)8-10)6-11(19)9-2-1-5-15-7-9;/h1-5,7-8H,6H2;1H. The summed E-state index contributed by atoms with van der Waals surface area (Å²) in [7, 11) is 0. The molecular formula is C13H10BrClN4O. The molecule has 7 heteroatoms. The van der Waals surface area contributed by atoms with Gasteiger partial charge in [-0.25, -0.2) is 9.50 Å². The Morgan fingerprint density at radius 3 is 2.90 bits per heavy atom. The van der Waals surface area contributed by atoms with E-state index >= 15 is 0 Å². The first-order valence-corrected chi connectivity index (χ1v) is 6.46. The zero-order valence-electron chi connectivity index (χ0n) is 10.2. The molecule has 0 aliphatic carbocycles. The Morgan fingerprint density at radius 1 is 1.30 bits per heavy atom. The van der Waals surface area contributed by atoms with Gasteiger partial charge in [-0.15, -0.1) is 12.4 Å². The third-order valence-corrected chi connectivity index (χ3v) is 3.11. The summed E-state index contributed by atoms with van der Waals surface area (Å²) in [4.78, 5) is 20.3. The molecule has 0 fully saturated rings. The number of ketones is 1. The van der Waals surface area contributed by atoms with Crippen LogP contribution in [-0.4, -0.2) is 25.4 Å². The zero-order valence-corrected chi connectivity index (χ0v) is 12.6. The normalized spacial score (nSPS) is 10.2. The predicted octanol–water partition coefficient (Wildman–Crippen LogP) is 2.73. The molecule has 0 aliphatic rings. The van der Waals surface area contributed by atoms with Crippen LogP contribution in [0.3, 0.4) is 0 Å². The second kappa shape index (κ2) is 6.11. The van der Waals surface area contributed by atoms with Crippen molar-refractivity contribution in [3.05, 3.63) is 58.7 Å². The van der Waals surface area contributed by atoms with E-state index in [0.717, 1.165) is 10.1 Å². The van der Waals surface area contributed by atoms with Crippen molar-refractivity contribution in [3.8, 4) is 0 Å². The number of hydrogen-bond donors (Lipinski definition) is 0. The SMILES string of the molecule is Cl.O=C(Cc1nc2ccc(Br)cn2n1)c1cccnc1. The fourth-order valence-electron chi connectivity index (χ4n) is 1.75. The summed E-state index contributed by atoms with van der Waals surface area (Å²) in [6.07, 6.45) is 5.16. The summed E-state index contributed by atoms with van der Waals surface area (Å²) in [5.41, 5.74) is 1.29. The van der Waals surface area contributed by atoms with E-state index in [-0.39, 0.29) is 24.6 Å². The number of carbonyl (C=O) groups is 1. The summed E-state index contributed by atoms with van der Waals surface area (Å²) in [5.74, 6) is 0.468. The molecule has 0 radical (unpaired) electrons. The molecule has 0 aromatic carbocycles. The van der Waals surface area contributed by atoms with Gasteiger partial charge in [0.1, 0.15) is 0 Å². The highest BCUT2D eigenvalue weighted by Crippen LogP contribution is 2.11. The molecule has 20 heavy (non-hydrogen) atoms. The number of pyridine rings is 2. The first-order valence-electron chi connectivity index (χ1n) is 5.66. The molecule has 0 saturated carbocycles. The Kier molecular flexibility index (Phi) is 4.46. The van der Waals surface area contributed by atoms with E-state index in [1.807, 2.05) is 12.1 Å². The van der Waals surface area contributed by atoms with Crippen molar-refractivity contribution < 1.29 is 4.79 Å². The summed E-state index contributed by atoms with van der Waals surface area (Å²) in [6.45, 7) is 0. The number of halogens is 2. The summed E-state index contributed by atoms with van der Waals surface area (Å²) in [6, 6.07) is 7.20. The lowest BCUT2D eigenvalue weighted by Crippen LogP contribution is -2.05. The van der Waals surface area contributed by atoms with Gasteiger partial charge in [0.25, 0.3) is 0 Å². The molecule has 0 atom stereocenters. The molecule has 102 valence electrons. The van der Waals surface area contributed by atoms with Crippen LogP contribution < -0.4 is 0 Å². The summed E-state index contributed by atoms with van der Waals surface area (Å²) < 4.78 is 2.56. The summed E-state index contributed by atoms with van der Waals surface area (Å²) in [5, 5.41) is 4.27. The highest BCUT2D eigenvalue weighted by molar-refractivity contribution is 9.10. The van der Waals surface area contributed by atoms with Crippen molar-refractivity contribution in [2.75, 3.05) is 0 Å². The molecule has 0 unspecified atom stereocenters. The maximum Gasteiger partial charge on any atom is 0.172 e. The Morgan fingerprint density at radius 2 is 2.15 bits per heavy atom. The van der Waals surface area contributed by atoms with E-state index < -0.39 is 0 Å². The molecule has 0 N–H and O–H groups in total. The Bertz CT molecular complexity index is 744. The Hall–Kier alpha value is -1.79. The van der Waals surface area contributed by atoms with Crippen LogP contribution >= 0.6 is 28.3 Å². The summed E-state index contributed by atoms with van der Waals surface area (Å²) >= 11 is 3.37. The zero-order chi connectivity index (χ0) is 13.2. The predicted molar refractivity (Wildman–Crippen MR) is 80.2 cm³/mol. The van der Waals surface area contributed by atoms with Gasteiger partial charge < -0.3 is 0 Å². The molecule has 3 heterocycles. The fraction of sp³-hybridized carbons (Fsp3) is 0.0769. The van der Waals surface area contributed by atoms with Crippen molar-refractivity contribution >= 4 is 39.8 Å². The maximum atomic E-state index is 12.0. The number of carbonyl (C=O) groups excluding carboxylic acids is 1. The number of hydrogen-bond acceptors (Lipinski definition) is 4. The molecule has 0 aliphatic heterocycles. The van der Waals surface area contributed by atoms with E-state index in [1.165, 1.54) is 0 Å². The maximum absolute atomic E-state index is 12.0. The molecule has 0 spiro atoms. The number of nitrogens with zero attached hydrogens (tertiary/aromatic N) is 4. The topological polar surface area (TPSA) is 60.2 Å². The van der Waals surface area contributed by atoms with Crippen LogP contribution in [0.25, 0.3) is 5.65 Å². The molecule has 3 aromatic rings.